The van der Waals surface area contributed by atoms with Crippen molar-refractivity contribution >= 4 is 22.8 Å². The summed E-state index contributed by atoms with van der Waals surface area (Å²) in [5, 5.41) is 3.87. The van der Waals surface area contributed by atoms with Gasteiger partial charge in [0.1, 0.15) is 0 Å². The highest BCUT2D eigenvalue weighted by molar-refractivity contribution is 5.95. The standard InChI is InChI=1S/C17H16N4O/c1-10-3-4-12(16(18)22)8-14(10)11-5-6-15-13(7-11)9-20-17(19-2)21-15/h3-9H,1-2H3,(H2,18,22)(H,19,20,21). The van der Waals surface area contributed by atoms with Crippen LogP contribution in [0, 0.1) is 6.92 Å². The maximum Gasteiger partial charge on any atom is 0.248 e. The third-order valence-electron chi connectivity index (χ3n) is 3.64. The van der Waals surface area contributed by atoms with Gasteiger partial charge in [-0.3, -0.25) is 4.79 Å². The van der Waals surface area contributed by atoms with Crippen LogP contribution in [0.3, 0.4) is 0 Å². The lowest BCUT2D eigenvalue weighted by Gasteiger charge is -2.09. The minimum absolute atomic E-state index is 0.427. The highest BCUT2D eigenvalue weighted by atomic mass is 16.1. The molecule has 1 amide bonds. The second-order valence-corrected chi connectivity index (χ2v) is 5.11. The normalized spacial score (nSPS) is 10.6. The van der Waals surface area contributed by atoms with E-state index in [1.165, 1.54) is 0 Å². The van der Waals surface area contributed by atoms with Crippen molar-refractivity contribution in [2.75, 3.05) is 12.4 Å². The van der Waals surface area contributed by atoms with Crippen LogP contribution in [0.1, 0.15) is 15.9 Å². The van der Waals surface area contributed by atoms with Gasteiger partial charge < -0.3 is 11.1 Å². The highest BCUT2D eigenvalue weighted by Crippen LogP contribution is 2.27. The summed E-state index contributed by atoms with van der Waals surface area (Å²) in [7, 11) is 1.79. The average Bonchev–Trinajstić information content (AvgIpc) is 2.54. The van der Waals surface area contributed by atoms with Gasteiger partial charge in [-0.2, -0.15) is 0 Å². The van der Waals surface area contributed by atoms with E-state index in [1.54, 1.807) is 19.3 Å². The molecule has 3 rings (SSSR count). The number of amides is 1. The maximum absolute atomic E-state index is 11.4. The number of aromatic nitrogens is 2. The molecule has 0 fully saturated rings. The predicted molar refractivity (Wildman–Crippen MR) is 87.8 cm³/mol. The Labute approximate surface area is 128 Å². The second-order valence-electron chi connectivity index (χ2n) is 5.11. The first-order valence-electron chi connectivity index (χ1n) is 6.94. The summed E-state index contributed by atoms with van der Waals surface area (Å²) in [6, 6.07) is 11.4. The first-order valence-corrected chi connectivity index (χ1v) is 6.94. The average molecular weight is 292 g/mol. The molecule has 0 atom stereocenters. The summed E-state index contributed by atoms with van der Waals surface area (Å²) in [5.41, 5.74) is 9.81. The molecule has 0 aliphatic rings. The molecule has 0 aliphatic carbocycles. The van der Waals surface area contributed by atoms with Crippen molar-refractivity contribution in [3.63, 3.8) is 0 Å². The molecule has 0 unspecified atom stereocenters. The topological polar surface area (TPSA) is 80.9 Å². The van der Waals surface area contributed by atoms with E-state index in [2.05, 4.69) is 15.3 Å². The summed E-state index contributed by atoms with van der Waals surface area (Å²) in [6.07, 6.45) is 1.78. The van der Waals surface area contributed by atoms with Crippen molar-refractivity contribution in [2.45, 2.75) is 6.92 Å². The first-order chi connectivity index (χ1) is 10.6. The van der Waals surface area contributed by atoms with E-state index in [1.807, 2.05) is 37.3 Å². The van der Waals surface area contributed by atoms with Gasteiger partial charge in [0.25, 0.3) is 0 Å². The first kappa shape index (κ1) is 14.0. The van der Waals surface area contributed by atoms with Crippen LogP contribution in [0.4, 0.5) is 5.95 Å². The smallest absolute Gasteiger partial charge is 0.248 e. The molecule has 3 aromatic rings. The molecule has 1 aromatic heterocycles. The van der Waals surface area contributed by atoms with E-state index in [9.17, 15) is 4.79 Å². The number of fused-ring (bicyclic) bond motifs is 1. The van der Waals surface area contributed by atoms with Crippen LogP contribution in [0.15, 0.2) is 42.6 Å². The Morgan fingerprint density at radius 1 is 1.18 bits per heavy atom. The van der Waals surface area contributed by atoms with Crippen molar-refractivity contribution < 1.29 is 4.79 Å². The van der Waals surface area contributed by atoms with Gasteiger partial charge >= 0.3 is 0 Å². The van der Waals surface area contributed by atoms with Crippen LogP contribution in [0.2, 0.25) is 0 Å². The number of carbonyl (C=O) groups is 1. The molecule has 3 N–H and O–H groups in total. The van der Waals surface area contributed by atoms with Crippen LogP contribution in [-0.2, 0) is 0 Å². The Hall–Kier alpha value is -2.95. The summed E-state index contributed by atoms with van der Waals surface area (Å²) >= 11 is 0. The molecule has 0 bridgehead atoms. The molecule has 22 heavy (non-hydrogen) atoms. The fourth-order valence-corrected chi connectivity index (χ4v) is 2.41. The Kier molecular flexibility index (Phi) is 3.47. The zero-order valence-electron chi connectivity index (χ0n) is 12.4. The molecule has 5 nitrogen and oxygen atoms in total. The van der Waals surface area contributed by atoms with Crippen LogP contribution in [-0.4, -0.2) is 22.9 Å². The van der Waals surface area contributed by atoms with Crippen molar-refractivity contribution in [1.82, 2.24) is 9.97 Å². The summed E-state index contributed by atoms with van der Waals surface area (Å²) in [5.74, 6) is 0.163. The van der Waals surface area contributed by atoms with Gasteiger partial charge in [0.05, 0.1) is 5.52 Å². The van der Waals surface area contributed by atoms with Crippen molar-refractivity contribution in [3.8, 4) is 11.1 Å². The van der Waals surface area contributed by atoms with Crippen molar-refractivity contribution in [1.29, 1.82) is 0 Å². The summed E-state index contributed by atoms with van der Waals surface area (Å²) in [4.78, 5) is 20.0. The van der Waals surface area contributed by atoms with Crippen LogP contribution >= 0.6 is 0 Å². The van der Waals surface area contributed by atoms with Crippen LogP contribution in [0.5, 0.6) is 0 Å². The van der Waals surface area contributed by atoms with E-state index < -0.39 is 5.91 Å². The predicted octanol–water partition coefficient (Wildman–Crippen LogP) is 2.75. The summed E-state index contributed by atoms with van der Waals surface area (Å²) in [6.45, 7) is 2.00. The quantitative estimate of drug-likeness (QED) is 0.777. The number of hydrogen-bond acceptors (Lipinski definition) is 4. The Morgan fingerprint density at radius 2 is 2.00 bits per heavy atom. The lowest BCUT2D eigenvalue weighted by atomic mass is 9.97. The second kappa shape index (κ2) is 5.44. The van der Waals surface area contributed by atoms with Gasteiger partial charge in [0.2, 0.25) is 11.9 Å². The Bertz CT molecular complexity index is 874. The molecule has 1 heterocycles. The van der Waals surface area contributed by atoms with Crippen molar-refractivity contribution in [2.24, 2.45) is 5.73 Å². The third-order valence-corrected chi connectivity index (χ3v) is 3.64. The molecule has 0 saturated heterocycles. The van der Waals surface area contributed by atoms with Gasteiger partial charge in [-0.15, -0.1) is 0 Å². The van der Waals surface area contributed by atoms with Gasteiger partial charge in [-0.1, -0.05) is 12.1 Å². The fourth-order valence-electron chi connectivity index (χ4n) is 2.41. The summed E-state index contributed by atoms with van der Waals surface area (Å²) < 4.78 is 0. The number of nitrogens with two attached hydrogens (primary N) is 1. The molecule has 0 saturated carbocycles. The van der Waals surface area contributed by atoms with E-state index in [4.69, 9.17) is 5.73 Å². The van der Waals surface area contributed by atoms with Gasteiger partial charge in [0, 0.05) is 24.2 Å². The lowest BCUT2D eigenvalue weighted by molar-refractivity contribution is 0.100. The molecule has 0 radical (unpaired) electrons. The number of carbonyl (C=O) groups excluding carboxylic acids is 1. The largest absolute Gasteiger partial charge is 0.366 e. The Balaban J connectivity index is 2.14. The molecule has 0 spiro atoms. The molecule has 5 heteroatoms. The van der Waals surface area contributed by atoms with Gasteiger partial charge in [-0.25, -0.2) is 9.97 Å². The number of nitrogens with zero attached hydrogens (tertiary/aromatic N) is 2. The van der Waals surface area contributed by atoms with Crippen molar-refractivity contribution in [3.05, 3.63) is 53.7 Å². The SMILES string of the molecule is CNc1ncc2cc(-c3cc(C(N)=O)ccc3C)ccc2n1. The number of benzene rings is 2. The number of hydrogen-bond donors (Lipinski definition) is 2. The van der Waals surface area contributed by atoms with E-state index in [-0.39, 0.29) is 0 Å². The number of nitrogens with one attached hydrogen (secondary N) is 1. The molecular weight excluding hydrogens is 276 g/mol. The fraction of sp³-hybridized carbons (Fsp3) is 0.118. The Morgan fingerprint density at radius 3 is 2.73 bits per heavy atom. The zero-order valence-corrected chi connectivity index (χ0v) is 12.4. The minimum atomic E-state index is -0.427. The van der Waals surface area contributed by atoms with Crippen LogP contribution < -0.4 is 11.1 Å². The molecule has 2 aromatic carbocycles. The molecule has 0 aliphatic heterocycles. The zero-order chi connectivity index (χ0) is 15.7. The monoisotopic (exact) mass is 292 g/mol. The molecular formula is C17H16N4O. The highest BCUT2D eigenvalue weighted by Gasteiger charge is 2.08. The van der Waals surface area contributed by atoms with Gasteiger partial charge in [0.15, 0.2) is 0 Å². The minimum Gasteiger partial charge on any atom is -0.366 e. The van der Waals surface area contributed by atoms with Crippen LogP contribution in [0.25, 0.3) is 22.0 Å². The van der Waals surface area contributed by atoms with E-state index in [0.29, 0.717) is 11.5 Å². The molecule has 110 valence electrons. The van der Waals surface area contributed by atoms with Gasteiger partial charge in [-0.05, 0) is 47.9 Å². The van der Waals surface area contributed by atoms with E-state index in [0.717, 1.165) is 27.6 Å². The maximum atomic E-state index is 11.4. The lowest BCUT2D eigenvalue weighted by Crippen LogP contribution is -2.10. The number of anilines is 1. The third kappa shape index (κ3) is 2.48. The number of primary amides is 1. The number of rotatable bonds is 3. The van der Waals surface area contributed by atoms with E-state index >= 15 is 0 Å². The number of aryl methyl sites for hydroxylation is 1.